The van der Waals surface area contributed by atoms with Crippen molar-refractivity contribution in [2.24, 2.45) is 0 Å². The van der Waals surface area contributed by atoms with Gasteiger partial charge >= 0.3 is 5.97 Å². The van der Waals surface area contributed by atoms with Crippen molar-refractivity contribution in [1.82, 2.24) is 14.9 Å². The lowest BCUT2D eigenvalue weighted by atomic mass is 10.3. The fourth-order valence-electron chi connectivity index (χ4n) is 2.46. The minimum absolute atomic E-state index is 0.281. The molecule has 27 heavy (non-hydrogen) atoms. The average Bonchev–Trinajstić information content (AvgIpc) is 3.36. The Morgan fingerprint density at radius 1 is 1.26 bits per heavy atom. The van der Waals surface area contributed by atoms with Gasteiger partial charge in [-0.2, -0.15) is 0 Å². The van der Waals surface area contributed by atoms with E-state index >= 15 is 0 Å². The maximum atomic E-state index is 12.6. The Morgan fingerprint density at radius 2 is 2.04 bits per heavy atom. The number of ether oxygens (including phenoxy) is 1. The Bertz CT molecular complexity index is 908. The highest BCUT2D eigenvalue weighted by atomic mass is 32.2. The molecule has 0 spiro atoms. The highest BCUT2D eigenvalue weighted by Crippen LogP contribution is 2.22. The zero-order chi connectivity index (χ0) is 19.2. The molecule has 1 atom stereocenters. The molecule has 0 saturated carbocycles. The molecule has 0 bridgehead atoms. The van der Waals surface area contributed by atoms with Crippen molar-refractivity contribution in [1.29, 1.82) is 0 Å². The predicted octanol–water partition coefficient (Wildman–Crippen LogP) is 3.52. The van der Waals surface area contributed by atoms with Crippen LogP contribution in [0.1, 0.15) is 22.3 Å². The fraction of sp³-hybridized carbons (Fsp3) is 0.211. The highest BCUT2D eigenvalue weighted by Gasteiger charge is 2.23. The minimum atomic E-state index is -0.908. The molecule has 2 aromatic heterocycles. The summed E-state index contributed by atoms with van der Waals surface area (Å²) < 4.78 is 7.10. The highest BCUT2D eigenvalue weighted by molar-refractivity contribution is 7.98. The maximum absolute atomic E-state index is 12.6. The van der Waals surface area contributed by atoms with Gasteiger partial charge < -0.3 is 10.1 Å². The summed E-state index contributed by atoms with van der Waals surface area (Å²) in [6.45, 7) is 1.97. The van der Waals surface area contributed by atoms with Gasteiger partial charge in [-0.3, -0.25) is 9.36 Å². The van der Waals surface area contributed by atoms with Crippen LogP contribution in [0.5, 0.6) is 0 Å². The van der Waals surface area contributed by atoms with Gasteiger partial charge in [0.25, 0.3) is 5.91 Å². The van der Waals surface area contributed by atoms with Crippen LogP contribution >= 0.6 is 23.1 Å². The summed E-state index contributed by atoms with van der Waals surface area (Å²) in [7, 11) is 0. The lowest BCUT2D eigenvalue weighted by Gasteiger charge is -2.15. The van der Waals surface area contributed by atoms with Crippen molar-refractivity contribution in [2.75, 3.05) is 6.26 Å². The van der Waals surface area contributed by atoms with Crippen LogP contribution in [0.3, 0.4) is 0 Å². The molecule has 1 aromatic carbocycles. The molecule has 3 rings (SSSR count). The second-order valence-corrected chi connectivity index (χ2v) is 7.45. The number of hydrogen-bond donors (Lipinski definition) is 1. The van der Waals surface area contributed by atoms with Gasteiger partial charge in [0.15, 0.2) is 17.0 Å². The zero-order valence-electron chi connectivity index (χ0n) is 14.9. The van der Waals surface area contributed by atoms with Crippen LogP contribution in [0.15, 0.2) is 59.2 Å². The van der Waals surface area contributed by atoms with Crippen molar-refractivity contribution >= 4 is 35.0 Å². The molecule has 140 valence electrons. The standard InChI is InChI=1S/C19H19N3O3S2/c1-13(17(23)20-11-15-9-6-10-27-15)25-18(24)16-12-21-19(26-2)22(16)14-7-4-3-5-8-14/h3-10,12-13H,11H2,1-2H3,(H,20,23). The number of thioether (sulfide) groups is 1. The van der Waals surface area contributed by atoms with Crippen LogP contribution in [-0.2, 0) is 16.1 Å². The van der Waals surface area contributed by atoms with Crippen LogP contribution in [0.4, 0.5) is 0 Å². The van der Waals surface area contributed by atoms with E-state index in [0.29, 0.717) is 11.7 Å². The lowest BCUT2D eigenvalue weighted by Crippen LogP contribution is -2.35. The third-order valence-corrected chi connectivity index (χ3v) is 5.34. The van der Waals surface area contributed by atoms with E-state index in [0.717, 1.165) is 10.6 Å². The molecule has 0 fully saturated rings. The number of carbonyl (C=O) groups excluding carboxylic acids is 2. The molecule has 0 aliphatic heterocycles. The number of para-hydroxylation sites is 1. The molecule has 3 aromatic rings. The van der Waals surface area contributed by atoms with Crippen molar-refractivity contribution in [3.63, 3.8) is 0 Å². The van der Waals surface area contributed by atoms with E-state index < -0.39 is 12.1 Å². The SMILES string of the molecule is CSc1ncc(C(=O)OC(C)C(=O)NCc2cccs2)n1-c1ccccc1. The van der Waals surface area contributed by atoms with E-state index in [1.54, 1.807) is 22.8 Å². The number of benzene rings is 1. The molecule has 6 nitrogen and oxygen atoms in total. The van der Waals surface area contributed by atoms with Crippen LogP contribution in [0.2, 0.25) is 0 Å². The quantitative estimate of drug-likeness (QED) is 0.484. The van der Waals surface area contributed by atoms with E-state index in [-0.39, 0.29) is 11.6 Å². The number of hydrogen-bond acceptors (Lipinski definition) is 6. The average molecular weight is 402 g/mol. The Labute approximate surface area is 165 Å². The van der Waals surface area contributed by atoms with Gasteiger partial charge in [-0.05, 0) is 36.8 Å². The third-order valence-electron chi connectivity index (χ3n) is 3.81. The predicted molar refractivity (Wildman–Crippen MR) is 106 cm³/mol. The van der Waals surface area contributed by atoms with Crippen molar-refractivity contribution in [3.8, 4) is 5.69 Å². The van der Waals surface area contributed by atoms with Crippen molar-refractivity contribution in [2.45, 2.75) is 24.7 Å². The van der Waals surface area contributed by atoms with Gasteiger partial charge in [0.1, 0.15) is 0 Å². The Kier molecular flexibility index (Phi) is 6.31. The van der Waals surface area contributed by atoms with Gasteiger partial charge in [0.2, 0.25) is 0 Å². The van der Waals surface area contributed by atoms with E-state index in [1.165, 1.54) is 18.0 Å². The molecule has 2 heterocycles. The van der Waals surface area contributed by atoms with Gasteiger partial charge in [0.05, 0.1) is 12.7 Å². The summed E-state index contributed by atoms with van der Waals surface area (Å²) in [5.41, 5.74) is 1.09. The number of esters is 1. The fourth-order valence-corrected chi connectivity index (χ4v) is 3.64. The molecule has 0 aliphatic carbocycles. The lowest BCUT2D eigenvalue weighted by molar-refractivity contribution is -0.129. The first-order chi connectivity index (χ1) is 13.1. The Morgan fingerprint density at radius 3 is 2.70 bits per heavy atom. The molecule has 1 unspecified atom stereocenters. The van der Waals surface area contributed by atoms with E-state index in [2.05, 4.69) is 10.3 Å². The first-order valence-electron chi connectivity index (χ1n) is 8.28. The molecule has 0 saturated heterocycles. The van der Waals surface area contributed by atoms with Gasteiger partial charge in [-0.25, -0.2) is 9.78 Å². The maximum Gasteiger partial charge on any atom is 0.357 e. The number of nitrogens with zero attached hydrogens (tertiary/aromatic N) is 2. The number of rotatable bonds is 7. The Hall–Kier alpha value is -2.58. The number of imidazole rings is 1. The topological polar surface area (TPSA) is 73.2 Å². The smallest absolute Gasteiger partial charge is 0.357 e. The summed E-state index contributed by atoms with van der Waals surface area (Å²) in [6.07, 6.45) is 2.45. The normalized spacial score (nSPS) is 11.8. The first-order valence-corrected chi connectivity index (χ1v) is 10.4. The summed E-state index contributed by atoms with van der Waals surface area (Å²) in [6, 6.07) is 13.3. The number of carbonyl (C=O) groups is 2. The van der Waals surface area contributed by atoms with E-state index in [9.17, 15) is 9.59 Å². The van der Waals surface area contributed by atoms with Crippen molar-refractivity contribution in [3.05, 3.63) is 64.6 Å². The second kappa shape index (κ2) is 8.88. The minimum Gasteiger partial charge on any atom is -0.448 e. The van der Waals surface area contributed by atoms with E-state index in [4.69, 9.17) is 4.74 Å². The van der Waals surface area contributed by atoms with Crippen LogP contribution in [0.25, 0.3) is 5.69 Å². The third kappa shape index (κ3) is 4.58. The summed E-state index contributed by atoms with van der Waals surface area (Å²) >= 11 is 2.98. The van der Waals surface area contributed by atoms with Crippen LogP contribution in [0, 0.1) is 0 Å². The van der Waals surface area contributed by atoms with Crippen LogP contribution in [-0.4, -0.2) is 33.8 Å². The zero-order valence-corrected chi connectivity index (χ0v) is 16.5. The molecule has 1 amide bonds. The van der Waals surface area contributed by atoms with Gasteiger partial charge in [-0.15, -0.1) is 11.3 Å². The number of thiophene rings is 1. The molecule has 1 N–H and O–H groups in total. The second-order valence-electron chi connectivity index (χ2n) is 5.65. The first kappa shape index (κ1) is 19.2. The molecule has 8 heteroatoms. The number of nitrogens with one attached hydrogen (secondary N) is 1. The van der Waals surface area contributed by atoms with Crippen LogP contribution < -0.4 is 5.32 Å². The molecule has 0 aliphatic rings. The Balaban J connectivity index is 1.70. The molecular weight excluding hydrogens is 382 g/mol. The number of aromatic nitrogens is 2. The summed E-state index contributed by atoms with van der Waals surface area (Å²) in [5.74, 6) is -0.932. The van der Waals surface area contributed by atoms with E-state index in [1.807, 2.05) is 54.1 Å². The molecular formula is C19H19N3O3S2. The summed E-state index contributed by atoms with van der Waals surface area (Å²) in [5, 5.41) is 5.38. The largest absolute Gasteiger partial charge is 0.448 e. The summed E-state index contributed by atoms with van der Waals surface area (Å²) in [4.78, 5) is 30.2. The van der Waals surface area contributed by atoms with Gasteiger partial charge in [-0.1, -0.05) is 36.0 Å². The molecule has 0 radical (unpaired) electrons. The van der Waals surface area contributed by atoms with Gasteiger partial charge in [0, 0.05) is 10.6 Å². The number of amides is 1. The monoisotopic (exact) mass is 401 g/mol. The van der Waals surface area contributed by atoms with Crippen molar-refractivity contribution < 1.29 is 14.3 Å².